The van der Waals surface area contributed by atoms with E-state index in [-0.39, 0.29) is 11.5 Å². The summed E-state index contributed by atoms with van der Waals surface area (Å²) in [6.45, 7) is 4.72. The summed E-state index contributed by atoms with van der Waals surface area (Å²) in [6, 6.07) is 4.11. The van der Waals surface area contributed by atoms with Crippen LogP contribution in [0, 0.1) is 0 Å². The van der Waals surface area contributed by atoms with Crippen LogP contribution in [0.3, 0.4) is 0 Å². The lowest BCUT2D eigenvalue weighted by atomic mass is 9.88. The molecule has 1 aromatic heterocycles. The maximum absolute atomic E-state index is 12.4. The number of hydrogen-bond donors (Lipinski definition) is 0. The molecule has 3 aliphatic heterocycles. The number of nitrogens with zero attached hydrogens (tertiary/aromatic N) is 3. The van der Waals surface area contributed by atoms with E-state index in [9.17, 15) is 4.79 Å². The topological polar surface area (TPSA) is 45.7 Å². The van der Waals surface area contributed by atoms with Gasteiger partial charge in [-0.25, -0.2) is 0 Å². The highest BCUT2D eigenvalue weighted by molar-refractivity contribution is 5.94. The minimum absolute atomic E-state index is 0.0786. The first-order chi connectivity index (χ1) is 10.8. The monoisotopic (exact) mass is 301 g/mol. The average molecular weight is 301 g/mol. The second-order valence-corrected chi connectivity index (χ2v) is 6.85. The van der Waals surface area contributed by atoms with E-state index in [2.05, 4.69) is 9.88 Å². The Bertz CT molecular complexity index is 536. The highest BCUT2D eigenvalue weighted by Gasteiger charge is 2.52. The first-order valence-corrected chi connectivity index (χ1v) is 8.33. The van der Waals surface area contributed by atoms with Crippen molar-refractivity contribution in [1.29, 1.82) is 0 Å². The number of carbonyl (C=O) groups is 1. The Labute approximate surface area is 131 Å². The van der Waals surface area contributed by atoms with Gasteiger partial charge in [0.2, 0.25) is 0 Å². The van der Waals surface area contributed by atoms with Gasteiger partial charge in [-0.15, -0.1) is 0 Å². The van der Waals surface area contributed by atoms with Gasteiger partial charge in [-0.1, -0.05) is 6.42 Å². The molecule has 5 heteroatoms. The van der Waals surface area contributed by atoms with Gasteiger partial charge < -0.3 is 9.64 Å². The Morgan fingerprint density at radius 3 is 2.64 bits per heavy atom. The fourth-order valence-electron chi connectivity index (χ4n) is 4.03. The maximum Gasteiger partial charge on any atom is 0.254 e. The van der Waals surface area contributed by atoms with Crippen LogP contribution in [0.2, 0.25) is 0 Å². The molecule has 0 saturated carbocycles. The Morgan fingerprint density at radius 2 is 1.91 bits per heavy atom. The molecule has 118 valence electrons. The summed E-state index contributed by atoms with van der Waals surface area (Å²) in [4.78, 5) is 20.8. The molecule has 1 unspecified atom stereocenters. The third-order valence-electron chi connectivity index (χ3n) is 5.27. The van der Waals surface area contributed by atoms with Crippen molar-refractivity contribution in [1.82, 2.24) is 14.8 Å². The molecule has 3 saturated heterocycles. The number of likely N-dealkylation sites (tertiary alicyclic amines) is 2. The van der Waals surface area contributed by atoms with Crippen LogP contribution in [0.1, 0.15) is 36.0 Å². The van der Waals surface area contributed by atoms with E-state index < -0.39 is 0 Å². The van der Waals surface area contributed by atoms with Crippen LogP contribution in [0.4, 0.5) is 0 Å². The van der Waals surface area contributed by atoms with E-state index >= 15 is 0 Å². The minimum atomic E-state index is -0.0786. The molecule has 5 nitrogen and oxygen atoms in total. The average Bonchev–Trinajstić information content (AvgIpc) is 3.00. The molecule has 0 aromatic carbocycles. The molecule has 0 N–H and O–H groups in total. The molecule has 22 heavy (non-hydrogen) atoms. The van der Waals surface area contributed by atoms with Crippen LogP contribution in [0.15, 0.2) is 24.5 Å². The lowest BCUT2D eigenvalue weighted by molar-refractivity contribution is -0.0950. The van der Waals surface area contributed by atoms with Crippen LogP contribution in [-0.2, 0) is 4.74 Å². The number of amides is 1. The summed E-state index contributed by atoms with van der Waals surface area (Å²) in [5.74, 6) is 0.0954. The van der Waals surface area contributed by atoms with Gasteiger partial charge in [-0.2, -0.15) is 0 Å². The fraction of sp³-hybridized carbons (Fsp3) is 0.647. The summed E-state index contributed by atoms with van der Waals surface area (Å²) in [5.41, 5.74) is 0.639. The number of hydrogen-bond acceptors (Lipinski definition) is 4. The van der Waals surface area contributed by atoms with Crippen molar-refractivity contribution < 1.29 is 9.53 Å². The zero-order valence-electron chi connectivity index (χ0n) is 12.9. The number of aromatic nitrogens is 1. The summed E-state index contributed by atoms with van der Waals surface area (Å²) >= 11 is 0. The third-order valence-corrected chi connectivity index (χ3v) is 5.27. The molecular weight excluding hydrogens is 278 g/mol. The zero-order chi connectivity index (χ0) is 15.0. The van der Waals surface area contributed by atoms with Gasteiger partial charge in [-0.3, -0.25) is 14.7 Å². The van der Waals surface area contributed by atoms with Crippen LogP contribution < -0.4 is 0 Å². The molecule has 1 spiro atoms. The van der Waals surface area contributed by atoms with Crippen molar-refractivity contribution in [2.45, 2.75) is 37.3 Å². The Kier molecular flexibility index (Phi) is 3.62. The lowest BCUT2D eigenvalue weighted by Gasteiger charge is -2.47. The van der Waals surface area contributed by atoms with Crippen LogP contribution in [-0.4, -0.2) is 65.1 Å². The lowest BCUT2D eigenvalue weighted by Crippen LogP contribution is -2.63. The number of ether oxygens (including phenoxy) is 1. The normalized spacial score (nSPS) is 27.8. The number of piperidine rings is 1. The molecule has 3 fully saturated rings. The third kappa shape index (κ3) is 2.52. The Hall–Kier alpha value is -1.46. The van der Waals surface area contributed by atoms with Gasteiger partial charge in [0.15, 0.2) is 0 Å². The highest BCUT2D eigenvalue weighted by atomic mass is 16.5. The Balaban J connectivity index is 1.34. The van der Waals surface area contributed by atoms with E-state index in [1.165, 1.54) is 32.4 Å². The summed E-state index contributed by atoms with van der Waals surface area (Å²) in [7, 11) is 0. The quantitative estimate of drug-likeness (QED) is 0.831. The van der Waals surface area contributed by atoms with Crippen LogP contribution in [0.5, 0.6) is 0 Å². The van der Waals surface area contributed by atoms with E-state index in [4.69, 9.17) is 4.74 Å². The highest BCUT2D eigenvalue weighted by Crippen LogP contribution is 2.38. The number of pyridine rings is 1. The standard InChI is InChI=1S/C17H23N3O2/c21-16(14-4-6-18-7-5-14)20-12-17(13-20)10-15(11-22-17)19-8-2-1-3-9-19/h4-7,15H,1-3,8-13H2. The molecule has 0 bridgehead atoms. The van der Waals surface area contributed by atoms with Crippen molar-refractivity contribution >= 4 is 5.91 Å². The van der Waals surface area contributed by atoms with E-state index in [0.29, 0.717) is 6.04 Å². The summed E-state index contributed by atoms with van der Waals surface area (Å²) in [6.07, 6.45) is 8.41. The molecular formula is C17H23N3O2. The van der Waals surface area contributed by atoms with Gasteiger partial charge in [0, 0.05) is 24.0 Å². The van der Waals surface area contributed by atoms with Gasteiger partial charge in [0.1, 0.15) is 5.60 Å². The molecule has 3 aliphatic rings. The molecule has 4 heterocycles. The largest absolute Gasteiger partial charge is 0.370 e. The van der Waals surface area contributed by atoms with Gasteiger partial charge in [0.05, 0.1) is 19.7 Å². The maximum atomic E-state index is 12.4. The van der Waals surface area contributed by atoms with Crippen molar-refractivity contribution in [3.8, 4) is 0 Å². The summed E-state index contributed by atoms with van der Waals surface area (Å²) in [5, 5.41) is 0. The predicted octanol–water partition coefficient (Wildman–Crippen LogP) is 1.55. The summed E-state index contributed by atoms with van der Waals surface area (Å²) < 4.78 is 6.11. The second kappa shape index (κ2) is 5.63. The molecule has 1 aromatic rings. The van der Waals surface area contributed by atoms with E-state index in [0.717, 1.165) is 31.7 Å². The van der Waals surface area contributed by atoms with E-state index in [1.54, 1.807) is 24.5 Å². The minimum Gasteiger partial charge on any atom is -0.370 e. The van der Waals surface area contributed by atoms with Crippen LogP contribution >= 0.6 is 0 Å². The second-order valence-electron chi connectivity index (χ2n) is 6.85. The molecule has 1 atom stereocenters. The molecule has 1 amide bonds. The van der Waals surface area contributed by atoms with Gasteiger partial charge in [0.25, 0.3) is 5.91 Å². The van der Waals surface area contributed by atoms with Crippen LogP contribution in [0.25, 0.3) is 0 Å². The van der Waals surface area contributed by atoms with Crippen molar-refractivity contribution in [3.05, 3.63) is 30.1 Å². The number of rotatable bonds is 2. The smallest absolute Gasteiger partial charge is 0.254 e. The molecule has 0 radical (unpaired) electrons. The zero-order valence-corrected chi connectivity index (χ0v) is 12.9. The molecule has 0 aliphatic carbocycles. The van der Waals surface area contributed by atoms with Gasteiger partial charge >= 0.3 is 0 Å². The fourth-order valence-corrected chi connectivity index (χ4v) is 4.03. The Morgan fingerprint density at radius 1 is 1.18 bits per heavy atom. The van der Waals surface area contributed by atoms with Crippen molar-refractivity contribution in [2.24, 2.45) is 0 Å². The van der Waals surface area contributed by atoms with Crippen molar-refractivity contribution in [2.75, 3.05) is 32.8 Å². The van der Waals surface area contributed by atoms with Crippen molar-refractivity contribution in [3.63, 3.8) is 0 Å². The van der Waals surface area contributed by atoms with Gasteiger partial charge in [-0.05, 0) is 44.5 Å². The SMILES string of the molecule is O=C(c1ccncc1)N1CC2(CC(N3CCCCC3)CO2)C1. The van der Waals surface area contributed by atoms with E-state index in [1.807, 2.05) is 4.90 Å². The molecule has 4 rings (SSSR count). The number of carbonyl (C=O) groups excluding carboxylic acids is 1. The first-order valence-electron chi connectivity index (χ1n) is 8.33. The predicted molar refractivity (Wildman–Crippen MR) is 82.7 cm³/mol. The first kappa shape index (κ1) is 14.2.